The van der Waals surface area contributed by atoms with Gasteiger partial charge in [0.1, 0.15) is 12.5 Å². The summed E-state index contributed by atoms with van der Waals surface area (Å²) >= 11 is 0. The minimum atomic E-state index is -0.673. The van der Waals surface area contributed by atoms with Crippen LogP contribution < -0.4 is 10.2 Å². The van der Waals surface area contributed by atoms with Crippen LogP contribution in [0.15, 0.2) is 71.7 Å². The average molecular weight is 537 g/mol. The predicted octanol–water partition coefficient (Wildman–Crippen LogP) is 3.84. The van der Waals surface area contributed by atoms with Crippen LogP contribution in [0.4, 0.5) is 17.1 Å². The minimum absolute atomic E-state index is 0.0324. The molecule has 0 bridgehead atoms. The van der Waals surface area contributed by atoms with E-state index in [2.05, 4.69) is 5.32 Å². The standard InChI is InChI=1S/C31H28N4O5/c1-40-31(39)21-9-11-23-24(17-21)33-30(38)28(23)29(19-6-3-2-4-7-19)32-22-10-12-25-20(16-22)13-15-35(25)27(37)18-34-14-5-8-26(34)36/h2-4,6-7,9-12,16-17,28H,5,8,13-15,18H2,1H3,(H,33,38). The quantitative estimate of drug-likeness (QED) is 0.380. The van der Waals surface area contributed by atoms with Gasteiger partial charge >= 0.3 is 5.97 Å². The van der Waals surface area contributed by atoms with Crippen molar-refractivity contribution in [1.29, 1.82) is 0 Å². The summed E-state index contributed by atoms with van der Waals surface area (Å²) in [6.07, 6.45) is 1.98. The first-order valence-electron chi connectivity index (χ1n) is 13.3. The molecule has 40 heavy (non-hydrogen) atoms. The van der Waals surface area contributed by atoms with Crippen LogP contribution in [0, 0.1) is 0 Å². The van der Waals surface area contributed by atoms with Crippen LogP contribution in [0.25, 0.3) is 0 Å². The summed E-state index contributed by atoms with van der Waals surface area (Å²) in [6, 6.07) is 20.3. The number of aliphatic imine (C=N–C) groups is 1. The van der Waals surface area contributed by atoms with Gasteiger partial charge in [0.25, 0.3) is 0 Å². The van der Waals surface area contributed by atoms with E-state index < -0.39 is 11.9 Å². The Bertz CT molecular complexity index is 1570. The summed E-state index contributed by atoms with van der Waals surface area (Å²) in [5, 5.41) is 2.90. The molecule has 3 aromatic rings. The van der Waals surface area contributed by atoms with Crippen molar-refractivity contribution in [2.24, 2.45) is 4.99 Å². The monoisotopic (exact) mass is 536 g/mol. The number of benzene rings is 3. The van der Waals surface area contributed by atoms with Crippen LogP contribution in [0.2, 0.25) is 0 Å². The maximum atomic E-state index is 13.3. The molecule has 6 rings (SSSR count). The van der Waals surface area contributed by atoms with Crippen LogP contribution in [0.3, 0.4) is 0 Å². The molecule has 1 fully saturated rings. The molecule has 3 aliphatic heterocycles. The van der Waals surface area contributed by atoms with E-state index in [-0.39, 0.29) is 24.3 Å². The third kappa shape index (κ3) is 4.64. The van der Waals surface area contributed by atoms with Crippen LogP contribution in [-0.4, -0.2) is 61.0 Å². The third-order valence-electron chi connectivity index (χ3n) is 7.66. The van der Waals surface area contributed by atoms with E-state index in [9.17, 15) is 19.2 Å². The smallest absolute Gasteiger partial charge is 0.337 e. The molecule has 9 nitrogen and oxygen atoms in total. The number of hydrogen-bond acceptors (Lipinski definition) is 6. The zero-order valence-corrected chi connectivity index (χ0v) is 22.1. The Kier molecular flexibility index (Phi) is 6.63. The van der Waals surface area contributed by atoms with Crippen LogP contribution in [0.5, 0.6) is 0 Å². The number of likely N-dealkylation sites (tertiary alicyclic amines) is 1. The summed E-state index contributed by atoms with van der Waals surface area (Å²) < 4.78 is 4.82. The van der Waals surface area contributed by atoms with Gasteiger partial charge in [-0.25, -0.2) is 4.79 Å². The molecule has 0 saturated carbocycles. The van der Waals surface area contributed by atoms with Gasteiger partial charge in [0.05, 0.1) is 24.1 Å². The molecule has 3 aromatic carbocycles. The van der Waals surface area contributed by atoms with E-state index in [1.807, 2.05) is 48.5 Å². The lowest BCUT2D eigenvalue weighted by molar-refractivity contribution is -0.132. The summed E-state index contributed by atoms with van der Waals surface area (Å²) in [5.74, 6) is -1.43. The Morgan fingerprint density at radius 1 is 0.975 bits per heavy atom. The first-order chi connectivity index (χ1) is 19.4. The van der Waals surface area contributed by atoms with Crippen LogP contribution >= 0.6 is 0 Å². The molecular formula is C31H28N4O5. The fourth-order valence-electron chi connectivity index (χ4n) is 5.66. The number of hydrogen-bond donors (Lipinski definition) is 1. The molecule has 202 valence electrons. The Morgan fingerprint density at radius 2 is 1.80 bits per heavy atom. The molecule has 3 aliphatic rings. The predicted molar refractivity (Wildman–Crippen MR) is 150 cm³/mol. The number of anilines is 2. The first-order valence-corrected chi connectivity index (χ1v) is 13.3. The van der Waals surface area contributed by atoms with Crippen molar-refractivity contribution in [3.05, 3.63) is 89.0 Å². The van der Waals surface area contributed by atoms with Crippen molar-refractivity contribution in [3.63, 3.8) is 0 Å². The van der Waals surface area contributed by atoms with E-state index in [0.29, 0.717) is 48.6 Å². The number of carbonyl (C=O) groups excluding carboxylic acids is 4. The highest BCUT2D eigenvalue weighted by molar-refractivity contribution is 6.24. The van der Waals surface area contributed by atoms with E-state index >= 15 is 0 Å². The van der Waals surface area contributed by atoms with Gasteiger partial charge in [0, 0.05) is 30.9 Å². The van der Waals surface area contributed by atoms with E-state index in [1.165, 1.54) is 7.11 Å². The highest BCUT2D eigenvalue weighted by atomic mass is 16.5. The highest BCUT2D eigenvalue weighted by Crippen LogP contribution is 2.38. The topological polar surface area (TPSA) is 108 Å². The third-order valence-corrected chi connectivity index (χ3v) is 7.66. The molecule has 1 saturated heterocycles. The van der Waals surface area contributed by atoms with E-state index in [0.717, 1.165) is 28.8 Å². The number of amides is 3. The number of fused-ring (bicyclic) bond motifs is 2. The summed E-state index contributed by atoms with van der Waals surface area (Å²) in [6.45, 7) is 1.28. The summed E-state index contributed by atoms with van der Waals surface area (Å²) in [4.78, 5) is 58.7. The number of nitrogens with zero attached hydrogens (tertiary/aromatic N) is 3. The van der Waals surface area contributed by atoms with Gasteiger partial charge in [-0.2, -0.15) is 0 Å². The van der Waals surface area contributed by atoms with Crippen molar-refractivity contribution in [2.45, 2.75) is 25.2 Å². The molecule has 0 spiro atoms. The van der Waals surface area contributed by atoms with Gasteiger partial charge in [-0.05, 0) is 59.9 Å². The molecule has 0 aromatic heterocycles. The second kappa shape index (κ2) is 10.4. The van der Waals surface area contributed by atoms with E-state index in [4.69, 9.17) is 9.73 Å². The lowest BCUT2D eigenvalue weighted by Gasteiger charge is -2.22. The molecular weight excluding hydrogens is 508 g/mol. The second-order valence-corrected chi connectivity index (χ2v) is 10.1. The van der Waals surface area contributed by atoms with Gasteiger partial charge in [-0.15, -0.1) is 0 Å². The molecule has 3 heterocycles. The van der Waals surface area contributed by atoms with Crippen molar-refractivity contribution in [3.8, 4) is 0 Å². The normalized spacial score (nSPS) is 18.0. The SMILES string of the molecule is COC(=O)c1ccc2c(c1)NC(=O)C2C(=Nc1ccc2c(c1)CCN2C(=O)CN1CCCC1=O)c1ccccc1. The molecule has 1 unspecified atom stereocenters. The van der Waals surface area contributed by atoms with Gasteiger partial charge in [0.15, 0.2) is 0 Å². The Morgan fingerprint density at radius 3 is 2.55 bits per heavy atom. The van der Waals surface area contributed by atoms with Crippen molar-refractivity contribution < 1.29 is 23.9 Å². The molecule has 0 radical (unpaired) electrons. The number of methoxy groups -OCH3 is 1. The lowest BCUT2D eigenvalue weighted by Crippen LogP contribution is -2.40. The zero-order valence-electron chi connectivity index (χ0n) is 22.1. The van der Waals surface area contributed by atoms with E-state index in [1.54, 1.807) is 28.0 Å². The van der Waals surface area contributed by atoms with Gasteiger partial charge < -0.3 is 19.9 Å². The van der Waals surface area contributed by atoms with Gasteiger partial charge in [-0.1, -0.05) is 36.4 Å². The number of rotatable bonds is 6. The summed E-state index contributed by atoms with van der Waals surface area (Å²) in [5.41, 5.74) is 5.53. The number of ether oxygens (including phenoxy) is 1. The first kappa shape index (κ1) is 25.5. The fraction of sp³-hybridized carbons (Fsp3) is 0.258. The number of nitrogens with one attached hydrogen (secondary N) is 1. The maximum Gasteiger partial charge on any atom is 0.337 e. The Hall–Kier alpha value is -4.79. The average Bonchev–Trinajstić information content (AvgIpc) is 3.67. The van der Waals surface area contributed by atoms with Crippen LogP contribution in [-0.2, 0) is 25.5 Å². The van der Waals surface area contributed by atoms with Gasteiger partial charge in [-0.3, -0.25) is 19.4 Å². The maximum absolute atomic E-state index is 13.3. The molecule has 9 heteroatoms. The highest BCUT2D eigenvalue weighted by Gasteiger charge is 2.36. The number of carbonyl (C=O) groups is 4. The summed E-state index contributed by atoms with van der Waals surface area (Å²) in [7, 11) is 1.32. The molecule has 0 aliphatic carbocycles. The van der Waals surface area contributed by atoms with Crippen molar-refractivity contribution >= 4 is 46.5 Å². The Balaban J connectivity index is 1.33. The second-order valence-electron chi connectivity index (χ2n) is 10.1. The van der Waals surface area contributed by atoms with Crippen molar-refractivity contribution in [1.82, 2.24) is 4.90 Å². The Labute approximate surface area is 231 Å². The largest absolute Gasteiger partial charge is 0.465 e. The number of esters is 1. The van der Waals surface area contributed by atoms with Gasteiger partial charge in [0.2, 0.25) is 17.7 Å². The molecule has 1 N–H and O–H groups in total. The van der Waals surface area contributed by atoms with Crippen molar-refractivity contribution in [2.75, 3.05) is 37.0 Å². The van der Waals surface area contributed by atoms with Crippen LogP contribution in [0.1, 0.15) is 45.8 Å². The zero-order chi connectivity index (χ0) is 27.8. The lowest BCUT2D eigenvalue weighted by atomic mass is 9.90. The minimum Gasteiger partial charge on any atom is -0.465 e. The molecule has 1 atom stereocenters. The fourth-order valence-corrected chi connectivity index (χ4v) is 5.66. The molecule has 3 amide bonds.